The van der Waals surface area contributed by atoms with E-state index < -0.39 is 58.9 Å². The van der Waals surface area contributed by atoms with E-state index in [1.54, 1.807) is 69.2 Å². The molecule has 0 aliphatic rings. The van der Waals surface area contributed by atoms with Crippen LogP contribution in [0.1, 0.15) is 69.2 Å². The van der Waals surface area contributed by atoms with Crippen molar-refractivity contribution in [3.63, 3.8) is 0 Å². The zero-order valence-electron chi connectivity index (χ0n) is 20.6. The van der Waals surface area contributed by atoms with Crippen LogP contribution < -0.4 is 0 Å². The highest BCUT2D eigenvalue weighted by Gasteiger charge is 2.46. The third-order valence-corrected chi connectivity index (χ3v) is 13.5. The Morgan fingerprint density at radius 1 is 0.719 bits per heavy atom. The monoisotopic (exact) mass is 551 g/mol. The van der Waals surface area contributed by atoms with E-state index in [-0.39, 0.29) is 24.4 Å². The lowest BCUT2D eigenvalue weighted by Crippen LogP contribution is -2.57. The van der Waals surface area contributed by atoms with Crippen LogP contribution in [0.2, 0.25) is 0 Å². The molecule has 0 spiro atoms. The Hall–Kier alpha value is 0.920. The molecule has 0 unspecified atom stereocenters. The molecule has 0 aromatic heterocycles. The predicted molar refractivity (Wildman–Crippen MR) is 124 cm³/mol. The Morgan fingerprint density at radius 2 is 1.19 bits per heavy atom. The van der Waals surface area contributed by atoms with E-state index in [2.05, 4.69) is 0 Å². The molecule has 0 aliphatic carbocycles. The molecule has 17 heteroatoms. The van der Waals surface area contributed by atoms with E-state index in [9.17, 15) is 14.4 Å². The van der Waals surface area contributed by atoms with Crippen molar-refractivity contribution in [1.82, 2.24) is 0 Å². The molecule has 0 amide bonds. The van der Waals surface area contributed by atoms with Crippen molar-refractivity contribution in [2.45, 2.75) is 99.8 Å². The molecule has 192 valence electrons. The standard InChI is InChI=1S/C6H17O6Si2.C6H16O5Si2.C3H7O.Al/c1-5(2)10-13(7)12-14(8,9)11-6(3)4;1-5(2)9-13(8,11-12-7)10-6(3)4;1-3(2)4;/h5-8,13H,1-4H3;5-6,8,12H,1-4H3;3H,1-2H3;/q3*-1;+2/t13-,14-;;;/m0.../s1. The van der Waals surface area contributed by atoms with Crippen molar-refractivity contribution < 1.29 is 51.1 Å². The third-order valence-electron chi connectivity index (χ3n) is 2.78. The number of rotatable bonds is 18. The molecule has 0 aromatic carbocycles. The average molecular weight is 552 g/mol. The molecule has 0 aliphatic heterocycles. The van der Waals surface area contributed by atoms with E-state index in [1.807, 2.05) is 0 Å². The Bertz CT molecular complexity index is 495. The Kier molecular flexibility index (Phi) is 16.3. The van der Waals surface area contributed by atoms with Gasteiger partial charge < -0.3 is 51.1 Å². The van der Waals surface area contributed by atoms with Crippen molar-refractivity contribution in [2.75, 3.05) is 0 Å². The summed E-state index contributed by atoms with van der Waals surface area (Å²) in [7, 11) is -12.9. The number of hydrogen-bond donors (Lipinski definition) is 3. The Balaban J connectivity index is 5.29. The zero-order chi connectivity index (χ0) is 25.1. The minimum Gasteiger partial charge on any atom is -0.661 e. The summed E-state index contributed by atoms with van der Waals surface area (Å²) >= 11 is -3.10. The van der Waals surface area contributed by atoms with Crippen LogP contribution >= 0.6 is 0 Å². The van der Waals surface area contributed by atoms with Crippen molar-refractivity contribution >= 4 is 52.8 Å². The lowest BCUT2D eigenvalue weighted by atomic mass is 10.5. The molecule has 0 aromatic rings. The van der Waals surface area contributed by atoms with Gasteiger partial charge in [-0.2, -0.15) is 0 Å². The van der Waals surface area contributed by atoms with Crippen LogP contribution in [-0.2, 0) is 36.7 Å². The lowest BCUT2D eigenvalue weighted by molar-refractivity contribution is -0.0113. The first-order valence-electron chi connectivity index (χ1n) is 10.5. The second-order valence-electron chi connectivity index (χ2n) is 8.10. The van der Waals surface area contributed by atoms with Gasteiger partial charge >= 0.3 is 42.8 Å². The van der Waals surface area contributed by atoms with Crippen LogP contribution in [0.3, 0.4) is 0 Å². The van der Waals surface area contributed by atoms with Crippen molar-refractivity contribution in [2.24, 2.45) is 0 Å². The van der Waals surface area contributed by atoms with Crippen LogP contribution in [0.15, 0.2) is 0 Å². The Morgan fingerprint density at radius 3 is 1.59 bits per heavy atom. The van der Waals surface area contributed by atoms with Crippen LogP contribution in [0.25, 0.3) is 0 Å². The predicted octanol–water partition coefficient (Wildman–Crippen LogP) is -0.00550. The van der Waals surface area contributed by atoms with Gasteiger partial charge in [-0.15, -0.1) is 0 Å². The largest absolute Gasteiger partial charge is 0.667 e. The summed E-state index contributed by atoms with van der Waals surface area (Å²) in [5.74, 6) is 0. The third kappa shape index (κ3) is 16.5. The molecule has 0 heterocycles. The minimum atomic E-state index is -4.38. The van der Waals surface area contributed by atoms with Gasteiger partial charge in [0.15, 0.2) is 0 Å². The summed E-state index contributed by atoms with van der Waals surface area (Å²) in [6, 6.07) is 0. The molecular weight excluding hydrogens is 511 g/mol. The van der Waals surface area contributed by atoms with Crippen molar-refractivity contribution in [1.29, 1.82) is 0 Å². The second-order valence-corrected chi connectivity index (χ2v) is 16.7. The minimum absolute atomic E-state index is 0.312. The zero-order valence-corrected chi connectivity index (χ0v) is 26.1. The highest BCUT2D eigenvalue weighted by Crippen LogP contribution is 2.16. The van der Waals surface area contributed by atoms with Gasteiger partial charge in [0.1, 0.15) is 0 Å². The van der Waals surface area contributed by atoms with E-state index in [0.29, 0.717) is 0 Å². The summed E-state index contributed by atoms with van der Waals surface area (Å²) in [5.41, 5.74) is 0. The van der Waals surface area contributed by atoms with Crippen LogP contribution in [0.4, 0.5) is 0 Å². The quantitative estimate of drug-likeness (QED) is 0.197. The van der Waals surface area contributed by atoms with Gasteiger partial charge in [0.25, 0.3) is 10.0 Å². The maximum absolute atomic E-state index is 10.9. The van der Waals surface area contributed by atoms with Gasteiger partial charge in [0.05, 0.1) is 0 Å². The average Bonchev–Trinajstić information content (AvgIpc) is 2.49. The fraction of sp³-hybridized carbons (Fsp3) is 1.00. The molecule has 12 nitrogen and oxygen atoms in total. The van der Waals surface area contributed by atoms with E-state index in [1.165, 1.54) is 0 Å². The van der Waals surface area contributed by atoms with Crippen molar-refractivity contribution in [3.8, 4) is 0 Å². The van der Waals surface area contributed by atoms with Gasteiger partial charge in [-0.1, -0.05) is 0 Å². The lowest BCUT2D eigenvalue weighted by Gasteiger charge is -2.39. The smallest absolute Gasteiger partial charge is 0.661 e. The first-order chi connectivity index (χ1) is 14.6. The van der Waals surface area contributed by atoms with Crippen LogP contribution in [0.5, 0.6) is 0 Å². The van der Waals surface area contributed by atoms with Crippen LogP contribution in [0, 0.1) is 0 Å². The molecule has 0 rings (SSSR count). The van der Waals surface area contributed by atoms with Crippen molar-refractivity contribution in [3.05, 3.63) is 0 Å². The molecular formula is C15H40AlO12Si4-. The molecule has 3 N–H and O–H groups in total. The summed E-state index contributed by atoms with van der Waals surface area (Å²) in [5, 5.41) is 0. The van der Waals surface area contributed by atoms with Crippen LogP contribution in [-0.4, -0.2) is 97.7 Å². The van der Waals surface area contributed by atoms with E-state index in [0.717, 1.165) is 0 Å². The van der Waals surface area contributed by atoms with Gasteiger partial charge in [0.2, 0.25) is 0 Å². The first kappa shape index (κ1) is 32.9. The molecule has 2 atom stereocenters. The molecule has 0 fully saturated rings. The summed E-state index contributed by atoms with van der Waals surface area (Å²) in [4.78, 5) is 31.6. The Labute approximate surface area is 203 Å². The summed E-state index contributed by atoms with van der Waals surface area (Å²) in [6.45, 7) is 17.3. The van der Waals surface area contributed by atoms with Gasteiger partial charge in [0, 0.05) is 24.4 Å². The summed E-state index contributed by atoms with van der Waals surface area (Å²) in [6.07, 6.45) is -1.77. The van der Waals surface area contributed by atoms with Gasteiger partial charge in [-0.25, -0.2) is 0 Å². The maximum Gasteiger partial charge on any atom is 0.667 e. The second kappa shape index (κ2) is 15.8. The molecule has 0 saturated carbocycles. The highest BCUT2D eigenvalue weighted by molar-refractivity contribution is 6.68. The molecule has 2 radical (unpaired) electrons. The van der Waals surface area contributed by atoms with E-state index >= 15 is 0 Å². The van der Waals surface area contributed by atoms with Gasteiger partial charge in [-0.3, -0.25) is 0 Å². The summed E-state index contributed by atoms with van der Waals surface area (Å²) < 4.78 is 49.3. The van der Waals surface area contributed by atoms with Gasteiger partial charge in [-0.05, 0) is 75.3 Å². The normalized spacial score (nSPS) is 16.2. The fourth-order valence-electron chi connectivity index (χ4n) is 2.01. The molecule has 0 saturated heterocycles. The molecule has 32 heavy (non-hydrogen) atoms. The highest BCUT2D eigenvalue weighted by atomic mass is 28.5. The number of hydrogen-bond acceptors (Lipinski definition) is 12. The first-order valence-corrected chi connectivity index (χ1v) is 17.7. The topological polar surface area (TPSA) is 144 Å². The van der Waals surface area contributed by atoms with E-state index in [4.69, 9.17) is 36.7 Å². The molecule has 0 bridgehead atoms. The maximum atomic E-state index is 10.9. The fourth-order valence-corrected chi connectivity index (χ4v) is 11.4. The SMILES string of the molecule is CC(C)[O][Al-]([O][SiH]O[Si](O)(OC(C)C)OC(C)C)[O][Si@@](O)(OC(C)C)O[Si@@H](O)OC(C)C.